The highest BCUT2D eigenvalue weighted by molar-refractivity contribution is 6.67. The summed E-state index contributed by atoms with van der Waals surface area (Å²) in [5.74, 6) is -1.45. The maximum atomic E-state index is 12.9. The standard InChI is InChI=1S/C12H10ClF3O3/c1-19-11(10(13)18,12(14,15)16)9(17)7-8-5-3-2-4-6-8/h2-6H,7H2,1H3. The molecule has 0 aromatic heterocycles. The molecule has 19 heavy (non-hydrogen) atoms. The molecule has 0 bridgehead atoms. The maximum Gasteiger partial charge on any atom is 0.433 e. The van der Waals surface area contributed by atoms with E-state index in [2.05, 4.69) is 4.74 Å². The number of alkyl halides is 3. The van der Waals surface area contributed by atoms with Crippen molar-refractivity contribution in [1.82, 2.24) is 0 Å². The van der Waals surface area contributed by atoms with E-state index in [1.54, 1.807) is 18.2 Å². The predicted molar refractivity (Wildman–Crippen MR) is 61.8 cm³/mol. The number of hydrogen-bond acceptors (Lipinski definition) is 3. The number of rotatable bonds is 5. The van der Waals surface area contributed by atoms with Crippen LogP contribution in [0.4, 0.5) is 13.2 Å². The zero-order chi connectivity index (χ0) is 14.7. The first-order chi connectivity index (χ1) is 8.75. The lowest BCUT2D eigenvalue weighted by atomic mass is 9.93. The van der Waals surface area contributed by atoms with Crippen molar-refractivity contribution in [3.8, 4) is 0 Å². The Morgan fingerprint density at radius 1 is 1.21 bits per heavy atom. The molecule has 0 saturated heterocycles. The zero-order valence-electron chi connectivity index (χ0n) is 9.83. The first-order valence-corrected chi connectivity index (χ1v) is 5.52. The van der Waals surface area contributed by atoms with Gasteiger partial charge in [0.25, 0.3) is 10.8 Å². The van der Waals surface area contributed by atoms with E-state index in [0.717, 1.165) is 0 Å². The Bertz CT molecular complexity index is 473. The lowest BCUT2D eigenvalue weighted by molar-refractivity contribution is -0.246. The number of hydrogen-bond donors (Lipinski definition) is 0. The maximum absolute atomic E-state index is 12.9. The third kappa shape index (κ3) is 2.96. The number of carbonyl (C=O) groups is 2. The van der Waals surface area contributed by atoms with Crippen LogP contribution in [0.3, 0.4) is 0 Å². The van der Waals surface area contributed by atoms with E-state index in [1.165, 1.54) is 12.1 Å². The van der Waals surface area contributed by atoms with Crippen molar-refractivity contribution in [1.29, 1.82) is 0 Å². The molecule has 0 spiro atoms. The van der Waals surface area contributed by atoms with Crippen LogP contribution in [0, 0.1) is 0 Å². The molecule has 0 N–H and O–H groups in total. The summed E-state index contributed by atoms with van der Waals surface area (Å²) in [7, 11) is 0.622. The zero-order valence-corrected chi connectivity index (χ0v) is 10.6. The fourth-order valence-electron chi connectivity index (χ4n) is 1.59. The largest absolute Gasteiger partial charge is 0.433 e. The molecule has 1 atom stereocenters. The van der Waals surface area contributed by atoms with Crippen LogP contribution in [-0.2, 0) is 20.7 Å². The summed E-state index contributed by atoms with van der Waals surface area (Å²) < 4.78 is 42.9. The number of ketones is 1. The second-order valence-corrected chi connectivity index (χ2v) is 4.09. The number of carbonyl (C=O) groups excluding carboxylic acids is 2. The van der Waals surface area contributed by atoms with Crippen molar-refractivity contribution in [3.05, 3.63) is 35.9 Å². The van der Waals surface area contributed by atoms with Crippen LogP contribution in [0.25, 0.3) is 0 Å². The van der Waals surface area contributed by atoms with Gasteiger partial charge in [-0.2, -0.15) is 13.2 Å². The highest BCUT2D eigenvalue weighted by Gasteiger charge is 2.65. The lowest BCUT2D eigenvalue weighted by Crippen LogP contribution is -2.58. The molecule has 3 nitrogen and oxygen atoms in total. The minimum atomic E-state index is -5.22. The van der Waals surface area contributed by atoms with Crippen molar-refractivity contribution in [3.63, 3.8) is 0 Å². The monoisotopic (exact) mass is 294 g/mol. The van der Waals surface area contributed by atoms with Gasteiger partial charge in [0.05, 0.1) is 0 Å². The molecule has 1 rings (SSSR count). The van der Waals surface area contributed by atoms with Gasteiger partial charge in [-0.1, -0.05) is 30.3 Å². The van der Waals surface area contributed by atoms with Gasteiger partial charge in [-0.05, 0) is 17.2 Å². The van der Waals surface area contributed by atoms with Crippen LogP contribution in [0.15, 0.2) is 30.3 Å². The van der Waals surface area contributed by atoms with Gasteiger partial charge in [-0.15, -0.1) is 0 Å². The van der Waals surface area contributed by atoms with Gasteiger partial charge in [0.1, 0.15) is 0 Å². The van der Waals surface area contributed by atoms with Crippen LogP contribution in [0.1, 0.15) is 5.56 Å². The Morgan fingerprint density at radius 2 is 1.74 bits per heavy atom. The van der Waals surface area contributed by atoms with Gasteiger partial charge < -0.3 is 4.74 Å². The van der Waals surface area contributed by atoms with Crippen LogP contribution in [0.2, 0.25) is 0 Å². The second kappa shape index (κ2) is 5.71. The van der Waals surface area contributed by atoms with E-state index in [0.29, 0.717) is 12.7 Å². The Morgan fingerprint density at radius 3 is 2.11 bits per heavy atom. The quantitative estimate of drug-likeness (QED) is 0.619. The average Bonchev–Trinajstić information content (AvgIpc) is 2.29. The van der Waals surface area contributed by atoms with Crippen molar-refractivity contribution >= 4 is 22.6 Å². The summed E-state index contributed by atoms with van der Waals surface area (Å²) in [4.78, 5) is 22.9. The molecule has 0 fully saturated rings. The molecule has 7 heteroatoms. The minimum Gasteiger partial charge on any atom is -0.355 e. The summed E-state index contributed by atoms with van der Waals surface area (Å²) in [5.41, 5.74) is -3.29. The minimum absolute atomic E-state index is 0.330. The highest BCUT2D eigenvalue weighted by Crippen LogP contribution is 2.37. The van der Waals surface area contributed by atoms with Crippen LogP contribution in [0.5, 0.6) is 0 Å². The molecule has 0 aliphatic heterocycles. The summed E-state index contributed by atoms with van der Waals surface area (Å²) >= 11 is 4.94. The molecule has 1 aromatic rings. The number of Topliss-reactive ketones (excluding diaryl/α,β-unsaturated/α-hetero) is 1. The topological polar surface area (TPSA) is 43.4 Å². The molecule has 0 aliphatic rings. The molecule has 0 amide bonds. The summed E-state index contributed by atoms with van der Waals surface area (Å²) in [5, 5.41) is -1.90. The molecular weight excluding hydrogens is 285 g/mol. The molecule has 1 unspecified atom stereocenters. The Kier molecular flexibility index (Phi) is 4.70. The van der Waals surface area contributed by atoms with Crippen LogP contribution in [-0.4, -0.2) is 29.9 Å². The lowest BCUT2D eigenvalue weighted by Gasteiger charge is -2.29. The summed E-state index contributed by atoms with van der Waals surface area (Å²) in [6, 6.07) is 7.70. The molecule has 0 saturated carbocycles. The van der Waals surface area contributed by atoms with E-state index in [4.69, 9.17) is 11.6 Å². The van der Waals surface area contributed by atoms with E-state index in [9.17, 15) is 22.8 Å². The Hall–Kier alpha value is -1.40. The number of methoxy groups -OCH3 is 1. The van der Waals surface area contributed by atoms with Gasteiger partial charge in [0.2, 0.25) is 0 Å². The smallest absolute Gasteiger partial charge is 0.355 e. The molecular formula is C12H10ClF3O3. The fraction of sp³-hybridized carbons (Fsp3) is 0.333. The van der Waals surface area contributed by atoms with Crippen molar-refractivity contribution in [2.45, 2.75) is 18.2 Å². The van der Waals surface area contributed by atoms with Gasteiger partial charge in [0, 0.05) is 13.5 Å². The van der Waals surface area contributed by atoms with Gasteiger partial charge in [-0.3, -0.25) is 9.59 Å². The van der Waals surface area contributed by atoms with Crippen LogP contribution < -0.4 is 0 Å². The molecule has 0 heterocycles. The SMILES string of the molecule is COC(C(=O)Cl)(C(=O)Cc1ccccc1)C(F)(F)F. The van der Waals surface area contributed by atoms with Crippen molar-refractivity contribution in [2.75, 3.05) is 7.11 Å². The third-order valence-corrected chi connectivity index (χ3v) is 2.85. The van der Waals surface area contributed by atoms with Gasteiger partial charge in [-0.25, -0.2) is 0 Å². The average molecular weight is 295 g/mol. The summed E-state index contributed by atoms with van der Waals surface area (Å²) in [6.07, 6.45) is -5.82. The number of halogens is 4. The molecule has 104 valence electrons. The Balaban J connectivity index is 3.13. The molecule has 0 aliphatic carbocycles. The van der Waals surface area contributed by atoms with E-state index >= 15 is 0 Å². The molecule has 0 radical (unpaired) electrons. The fourth-order valence-corrected chi connectivity index (χ4v) is 1.88. The van der Waals surface area contributed by atoms with E-state index in [-0.39, 0.29) is 0 Å². The highest BCUT2D eigenvalue weighted by atomic mass is 35.5. The van der Waals surface area contributed by atoms with Gasteiger partial charge in [0.15, 0.2) is 5.78 Å². The number of benzene rings is 1. The van der Waals surface area contributed by atoms with Crippen molar-refractivity contribution in [2.24, 2.45) is 0 Å². The van der Waals surface area contributed by atoms with E-state index in [1.807, 2.05) is 0 Å². The first kappa shape index (κ1) is 15.7. The second-order valence-electron chi connectivity index (χ2n) is 3.74. The van der Waals surface area contributed by atoms with Crippen LogP contribution >= 0.6 is 11.6 Å². The first-order valence-electron chi connectivity index (χ1n) is 5.14. The Labute approximate surface area is 112 Å². The predicted octanol–water partition coefficient (Wildman–Crippen LogP) is 2.51. The van der Waals surface area contributed by atoms with Gasteiger partial charge >= 0.3 is 6.18 Å². The molecule has 1 aromatic carbocycles. The van der Waals surface area contributed by atoms with E-state index < -0.39 is 29.2 Å². The normalized spacial score (nSPS) is 14.8. The third-order valence-electron chi connectivity index (χ3n) is 2.58. The number of ether oxygens (including phenoxy) is 1. The van der Waals surface area contributed by atoms with Crippen molar-refractivity contribution < 1.29 is 27.5 Å². The summed E-state index contributed by atoms with van der Waals surface area (Å²) in [6.45, 7) is 0.